The molecule has 0 aromatic heterocycles. The van der Waals surface area contributed by atoms with Crippen LogP contribution in [-0.2, 0) is 0 Å². The summed E-state index contributed by atoms with van der Waals surface area (Å²) in [7, 11) is 0. The Morgan fingerprint density at radius 3 is 1.10 bits per heavy atom. The van der Waals surface area contributed by atoms with Gasteiger partial charge >= 0.3 is 0 Å². The third-order valence-electron chi connectivity index (χ3n) is 9.20. The third-order valence-corrected chi connectivity index (χ3v) is 9.20. The molecule has 2 nitrogen and oxygen atoms in total. The van der Waals surface area contributed by atoms with E-state index in [1.807, 2.05) is 12.1 Å². The summed E-state index contributed by atoms with van der Waals surface area (Å²) in [5.74, 6) is 0. The Balaban J connectivity index is 1.22. The van der Waals surface area contributed by atoms with Crippen LogP contribution >= 0.6 is 0 Å². The van der Waals surface area contributed by atoms with E-state index >= 15 is 0 Å². The van der Waals surface area contributed by atoms with Gasteiger partial charge in [0.25, 0.3) is 0 Å². The van der Waals surface area contributed by atoms with Crippen LogP contribution in [0.2, 0.25) is 0 Å². The van der Waals surface area contributed by atoms with Gasteiger partial charge < -0.3 is 9.80 Å². The Hall–Kier alpha value is -6.90. The number of nitrogens with zero attached hydrogens (tertiary/aromatic N) is 2. The molecule has 0 aliphatic carbocycles. The Morgan fingerprint density at radius 1 is 0.250 bits per heavy atom. The first-order valence-electron chi connectivity index (χ1n) is 17.7. The molecule has 0 spiro atoms. The minimum absolute atomic E-state index is 1.10. The van der Waals surface area contributed by atoms with Gasteiger partial charge in [-0.1, -0.05) is 170 Å². The zero-order valence-electron chi connectivity index (χ0n) is 28.8. The molecule has 0 radical (unpaired) electrons. The number of anilines is 6. The second-order valence-corrected chi connectivity index (χ2v) is 12.7. The highest BCUT2D eigenvalue weighted by molar-refractivity contribution is 6.07. The monoisotopic (exact) mass is 666 g/mol. The maximum absolute atomic E-state index is 2.37. The van der Waals surface area contributed by atoms with Gasteiger partial charge in [0.2, 0.25) is 0 Å². The number of fused-ring (bicyclic) bond motifs is 1. The van der Waals surface area contributed by atoms with Crippen molar-refractivity contribution in [3.63, 3.8) is 0 Å². The molecular formula is C50H38N2. The van der Waals surface area contributed by atoms with Gasteiger partial charge in [-0.05, 0) is 82.9 Å². The highest BCUT2D eigenvalue weighted by Gasteiger charge is 2.20. The SMILES string of the molecule is C(=Cc1ccc(N(c2ccccc2)c2ccc(N(c3ccccc3)c3cccc(C=Cc4ccccc4)c3)c3ccccc23)cc1)c1ccccc1. The maximum atomic E-state index is 2.37. The van der Waals surface area contributed by atoms with Crippen molar-refractivity contribution in [3.8, 4) is 0 Å². The summed E-state index contributed by atoms with van der Waals surface area (Å²) in [5, 5.41) is 2.33. The van der Waals surface area contributed by atoms with Crippen LogP contribution < -0.4 is 9.80 Å². The predicted octanol–water partition coefficient (Wildman–Crippen LogP) is 14.1. The van der Waals surface area contributed by atoms with Crippen molar-refractivity contribution in [2.24, 2.45) is 0 Å². The van der Waals surface area contributed by atoms with Gasteiger partial charge in [0.05, 0.1) is 11.4 Å². The molecule has 8 aromatic rings. The number of hydrogen-bond acceptors (Lipinski definition) is 2. The first-order chi connectivity index (χ1) is 25.8. The van der Waals surface area contributed by atoms with Crippen molar-refractivity contribution in [2.45, 2.75) is 0 Å². The van der Waals surface area contributed by atoms with Crippen molar-refractivity contribution in [2.75, 3.05) is 9.80 Å². The quantitative estimate of drug-likeness (QED) is 0.134. The molecule has 8 rings (SSSR count). The molecule has 52 heavy (non-hydrogen) atoms. The van der Waals surface area contributed by atoms with Crippen molar-refractivity contribution >= 4 is 69.2 Å². The highest BCUT2D eigenvalue weighted by Crippen LogP contribution is 2.45. The molecule has 0 heterocycles. The number of benzene rings is 8. The lowest BCUT2D eigenvalue weighted by Crippen LogP contribution is -2.13. The lowest BCUT2D eigenvalue weighted by molar-refractivity contribution is 1.27. The van der Waals surface area contributed by atoms with Gasteiger partial charge in [-0.15, -0.1) is 0 Å². The second-order valence-electron chi connectivity index (χ2n) is 12.7. The van der Waals surface area contributed by atoms with E-state index < -0.39 is 0 Å². The van der Waals surface area contributed by atoms with E-state index in [0.29, 0.717) is 0 Å². The standard InChI is InChI=1S/C50H38N2/c1-5-16-39(17-6-1)28-29-41-32-34-45(35-33-41)51(43-21-9-3-10-22-43)49-36-37-50(48-27-14-13-26-47(48)49)52(44-23-11-4-12-24-44)46-25-15-20-42(38-46)31-30-40-18-7-2-8-19-40/h1-38H. The fourth-order valence-corrected chi connectivity index (χ4v) is 6.68. The van der Waals surface area contributed by atoms with Gasteiger partial charge in [0, 0.05) is 33.5 Å². The normalized spacial score (nSPS) is 11.3. The average molecular weight is 667 g/mol. The summed E-state index contributed by atoms with van der Waals surface area (Å²) in [4.78, 5) is 4.73. The maximum Gasteiger partial charge on any atom is 0.0541 e. The predicted molar refractivity (Wildman–Crippen MR) is 224 cm³/mol. The van der Waals surface area contributed by atoms with Gasteiger partial charge in [0.1, 0.15) is 0 Å². The molecule has 0 bridgehead atoms. The minimum Gasteiger partial charge on any atom is -0.310 e. The van der Waals surface area contributed by atoms with Crippen molar-refractivity contribution in [3.05, 3.63) is 229 Å². The molecule has 0 aliphatic rings. The molecular weight excluding hydrogens is 629 g/mol. The lowest BCUT2D eigenvalue weighted by Gasteiger charge is -2.30. The minimum atomic E-state index is 1.10. The zero-order chi connectivity index (χ0) is 35.0. The van der Waals surface area contributed by atoms with E-state index in [9.17, 15) is 0 Å². The molecule has 2 heteroatoms. The van der Waals surface area contributed by atoms with Crippen LogP contribution in [0.3, 0.4) is 0 Å². The van der Waals surface area contributed by atoms with E-state index in [1.54, 1.807) is 0 Å². The summed E-state index contributed by atoms with van der Waals surface area (Å²) < 4.78 is 0. The van der Waals surface area contributed by atoms with E-state index in [-0.39, 0.29) is 0 Å². The topological polar surface area (TPSA) is 6.48 Å². The van der Waals surface area contributed by atoms with E-state index in [4.69, 9.17) is 0 Å². The first kappa shape index (κ1) is 32.3. The smallest absolute Gasteiger partial charge is 0.0541 e. The van der Waals surface area contributed by atoms with Crippen LogP contribution in [-0.4, -0.2) is 0 Å². The molecule has 0 saturated carbocycles. The summed E-state index contributed by atoms with van der Waals surface area (Å²) in [6.07, 6.45) is 8.68. The third kappa shape index (κ3) is 7.19. The Bertz CT molecular complexity index is 2430. The molecule has 248 valence electrons. The molecule has 0 atom stereocenters. The van der Waals surface area contributed by atoms with Crippen LogP contribution in [0, 0.1) is 0 Å². The second kappa shape index (κ2) is 15.3. The molecule has 0 amide bonds. The van der Waals surface area contributed by atoms with Crippen LogP contribution in [0.15, 0.2) is 206 Å². The number of rotatable bonds is 10. The Morgan fingerprint density at radius 2 is 0.596 bits per heavy atom. The summed E-state index contributed by atoms with van der Waals surface area (Å²) >= 11 is 0. The number of hydrogen-bond donors (Lipinski definition) is 0. The van der Waals surface area contributed by atoms with E-state index in [1.165, 1.54) is 11.1 Å². The molecule has 0 unspecified atom stereocenters. The van der Waals surface area contributed by atoms with Crippen LogP contribution in [0.1, 0.15) is 22.3 Å². The van der Waals surface area contributed by atoms with Crippen molar-refractivity contribution in [1.82, 2.24) is 0 Å². The van der Waals surface area contributed by atoms with Gasteiger partial charge in [0.15, 0.2) is 0 Å². The van der Waals surface area contributed by atoms with Crippen LogP contribution in [0.4, 0.5) is 34.1 Å². The lowest BCUT2D eigenvalue weighted by atomic mass is 10.0. The fraction of sp³-hybridized carbons (Fsp3) is 0. The molecule has 0 fully saturated rings. The average Bonchev–Trinajstić information content (AvgIpc) is 3.22. The Labute approximate surface area is 306 Å². The first-order valence-corrected chi connectivity index (χ1v) is 17.7. The summed E-state index contributed by atoms with van der Waals surface area (Å²) in [6, 6.07) is 73.0. The summed E-state index contributed by atoms with van der Waals surface area (Å²) in [5.41, 5.74) is 11.3. The van der Waals surface area contributed by atoms with Gasteiger partial charge in [-0.25, -0.2) is 0 Å². The molecule has 0 saturated heterocycles. The van der Waals surface area contributed by atoms with Crippen LogP contribution in [0.5, 0.6) is 0 Å². The van der Waals surface area contributed by atoms with Crippen LogP contribution in [0.25, 0.3) is 35.1 Å². The van der Waals surface area contributed by atoms with Gasteiger partial charge in [-0.3, -0.25) is 0 Å². The van der Waals surface area contributed by atoms with Crippen molar-refractivity contribution in [1.29, 1.82) is 0 Å². The zero-order valence-corrected chi connectivity index (χ0v) is 28.8. The molecule has 0 aliphatic heterocycles. The van der Waals surface area contributed by atoms with Gasteiger partial charge in [-0.2, -0.15) is 0 Å². The Kier molecular flexibility index (Phi) is 9.53. The largest absolute Gasteiger partial charge is 0.310 e. The van der Waals surface area contributed by atoms with E-state index in [2.05, 4.69) is 228 Å². The number of para-hydroxylation sites is 2. The van der Waals surface area contributed by atoms with Crippen molar-refractivity contribution < 1.29 is 0 Å². The highest BCUT2D eigenvalue weighted by atomic mass is 15.2. The molecule has 8 aromatic carbocycles. The molecule has 0 N–H and O–H groups in total. The fourth-order valence-electron chi connectivity index (χ4n) is 6.68. The summed E-state index contributed by atoms with van der Waals surface area (Å²) in [6.45, 7) is 0. The van der Waals surface area contributed by atoms with E-state index in [0.717, 1.165) is 56.0 Å².